The molecule has 2 aromatic carbocycles. The number of esters is 1. The maximum absolute atomic E-state index is 12.0. The lowest BCUT2D eigenvalue weighted by Crippen LogP contribution is -2.24. The lowest BCUT2D eigenvalue weighted by molar-refractivity contribution is -0.146. The number of rotatable bonds is 5. The molecule has 0 aliphatic carbocycles. The van der Waals surface area contributed by atoms with E-state index in [9.17, 15) is 4.79 Å². The monoisotopic (exact) mass is 305 g/mol. The lowest BCUT2D eigenvalue weighted by atomic mass is 10.1. The third-order valence-corrected chi connectivity index (χ3v) is 3.38. The average Bonchev–Trinajstić information content (AvgIpc) is 2.53. The molecular formula is C16H16ClNO3. The van der Waals surface area contributed by atoms with Crippen LogP contribution in [0.3, 0.4) is 0 Å². The smallest absolute Gasteiger partial charge is 0.327 e. The van der Waals surface area contributed by atoms with Gasteiger partial charge in [-0.25, -0.2) is 4.79 Å². The molecule has 5 heteroatoms. The van der Waals surface area contributed by atoms with E-state index in [1.54, 1.807) is 43.5 Å². The number of ether oxygens (including phenoxy) is 2. The van der Waals surface area contributed by atoms with Gasteiger partial charge in [-0.3, -0.25) is 0 Å². The molecule has 4 nitrogen and oxygen atoms in total. The van der Waals surface area contributed by atoms with Crippen LogP contribution in [0, 0.1) is 0 Å². The van der Waals surface area contributed by atoms with Gasteiger partial charge in [-0.15, -0.1) is 0 Å². The maximum atomic E-state index is 12.0. The Kier molecular flexibility index (Phi) is 5.20. The summed E-state index contributed by atoms with van der Waals surface area (Å²) < 4.78 is 10.3. The largest absolute Gasteiger partial charge is 0.497 e. The SMILES string of the molecule is COc1ccc(COC(=O)[C@H](N)c2ccccc2Cl)cc1. The van der Waals surface area contributed by atoms with Gasteiger partial charge in [-0.05, 0) is 29.3 Å². The fraction of sp³-hybridized carbons (Fsp3) is 0.188. The Balaban J connectivity index is 1.96. The van der Waals surface area contributed by atoms with Gasteiger partial charge >= 0.3 is 5.97 Å². The number of hydrogen-bond donors (Lipinski definition) is 1. The summed E-state index contributed by atoms with van der Waals surface area (Å²) in [5, 5.41) is 0.450. The Morgan fingerprint density at radius 2 is 1.86 bits per heavy atom. The summed E-state index contributed by atoms with van der Waals surface area (Å²) in [6.07, 6.45) is 0. The second-order valence-corrected chi connectivity index (χ2v) is 4.86. The molecule has 0 unspecified atom stereocenters. The molecule has 0 heterocycles. The lowest BCUT2D eigenvalue weighted by Gasteiger charge is -2.13. The van der Waals surface area contributed by atoms with Crippen LogP contribution in [-0.2, 0) is 16.1 Å². The molecule has 1 atom stereocenters. The van der Waals surface area contributed by atoms with Crippen molar-refractivity contribution in [2.75, 3.05) is 7.11 Å². The van der Waals surface area contributed by atoms with Crippen LogP contribution < -0.4 is 10.5 Å². The first kappa shape index (κ1) is 15.4. The van der Waals surface area contributed by atoms with Crippen LogP contribution in [0.15, 0.2) is 48.5 Å². The van der Waals surface area contributed by atoms with E-state index < -0.39 is 12.0 Å². The van der Waals surface area contributed by atoms with E-state index in [1.807, 2.05) is 12.1 Å². The van der Waals surface area contributed by atoms with Crippen LogP contribution in [-0.4, -0.2) is 13.1 Å². The molecule has 0 aromatic heterocycles. The Morgan fingerprint density at radius 3 is 2.48 bits per heavy atom. The minimum absolute atomic E-state index is 0.154. The van der Waals surface area contributed by atoms with Gasteiger partial charge in [0.2, 0.25) is 0 Å². The third kappa shape index (κ3) is 3.97. The summed E-state index contributed by atoms with van der Waals surface area (Å²) in [4.78, 5) is 12.0. The number of carbonyl (C=O) groups is 1. The van der Waals surface area contributed by atoms with Gasteiger partial charge in [0.1, 0.15) is 18.4 Å². The van der Waals surface area contributed by atoms with E-state index in [1.165, 1.54) is 0 Å². The highest BCUT2D eigenvalue weighted by Crippen LogP contribution is 2.22. The minimum atomic E-state index is -0.892. The second kappa shape index (κ2) is 7.11. The predicted molar refractivity (Wildman–Crippen MR) is 81.2 cm³/mol. The molecule has 2 N–H and O–H groups in total. The fourth-order valence-electron chi connectivity index (χ4n) is 1.82. The molecule has 2 rings (SSSR count). The highest BCUT2D eigenvalue weighted by atomic mass is 35.5. The van der Waals surface area contributed by atoms with E-state index in [4.69, 9.17) is 26.8 Å². The van der Waals surface area contributed by atoms with E-state index >= 15 is 0 Å². The van der Waals surface area contributed by atoms with E-state index in [-0.39, 0.29) is 6.61 Å². The van der Waals surface area contributed by atoms with Crippen molar-refractivity contribution in [1.29, 1.82) is 0 Å². The van der Waals surface area contributed by atoms with Crippen LogP contribution in [0.4, 0.5) is 0 Å². The average molecular weight is 306 g/mol. The number of carbonyl (C=O) groups excluding carboxylic acids is 1. The fourth-order valence-corrected chi connectivity index (χ4v) is 2.07. The molecule has 0 amide bonds. The molecule has 0 aliphatic heterocycles. The topological polar surface area (TPSA) is 61.5 Å². The van der Waals surface area contributed by atoms with Gasteiger partial charge in [0.15, 0.2) is 0 Å². The van der Waals surface area contributed by atoms with Crippen LogP contribution in [0.1, 0.15) is 17.2 Å². The van der Waals surface area contributed by atoms with E-state index in [0.717, 1.165) is 11.3 Å². The number of nitrogens with two attached hydrogens (primary N) is 1. The van der Waals surface area contributed by atoms with Crippen molar-refractivity contribution in [3.63, 3.8) is 0 Å². The zero-order valence-corrected chi connectivity index (χ0v) is 12.3. The van der Waals surface area contributed by atoms with E-state index in [0.29, 0.717) is 10.6 Å². The minimum Gasteiger partial charge on any atom is -0.497 e. The molecule has 21 heavy (non-hydrogen) atoms. The Morgan fingerprint density at radius 1 is 1.19 bits per heavy atom. The second-order valence-electron chi connectivity index (χ2n) is 4.45. The number of halogens is 1. The summed E-state index contributed by atoms with van der Waals surface area (Å²) in [5.74, 6) is 0.233. The number of benzene rings is 2. The van der Waals surface area contributed by atoms with Gasteiger partial charge in [0, 0.05) is 5.02 Å². The van der Waals surface area contributed by atoms with Gasteiger partial charge < -0.3 is 15.2 Å². The Labute approximate surface area is 128 Å². The van der Waals surface area contributed by atoms with Crippen molar-refractivity contribution < 1.29 is 14.3 Å². The first-order valence-corrected chi connectivity index (χ1v) is 6.79. The molecule has 2 aromatic rings. The van der Waals surface area contributed by atoms with Gasteiger partial charge in [0.25, 0.3) is 0 Å². The molecule has 0 spiro atoms. The van der Waals surface area contributed by atoms with Crippen molar-refractivity contribution in [2.24, 2.45) is 5.73 Å². The quantitative estimate of drug-likeness (QED) is 0.862. The van der Waals surface area contributed by atoms with Gasteiger partial charge in [0.05, 0.1) is 7.11 Å². The molecule has 0 radical (unpaired) electrons. The maximum Gasteiger partial charge on any atom is 0.327 e. The standard InChI is InChI=1S/C16H16ClNO3/c1-20-12-8-6-11(7-9-12)10-21-16(19)15(18)13-4-2-3-5-14(13)17/h2-9,15H,10,18H2,1H3/t15-/m1/s1. The van der Waals surface area contributed by atoms with Crippen LogP contribution in [0.2, 0.25) is 5.02 Å². The Bertz CT molecular complexity index is 613. The highest BCUT2D eigenvalue weighted by Gasteiger charge is 2.19. The van der Waals surface area contributed by atoms with Crippen molar-refractivity contribution in [1.82, 2.24) is 0 Å². The van der Waals surface area contributed by atoms with E-state index in [2.05, 4.69) is 0 Å². The first-order valence-electron chi connectivity index (χ1n) is 6.41. The molecule has 0 saturated carbocycles. The number of methoxy groups -OCH3 is 1. The summed E-state index contributed by atoms with van der Waals surface area (Å²) in [5.41, 5.74) is 7.28. The summed E-state index contributed by atoms with van der Waals surface area (Å²) >= 11 is 6.01. The van der Waals surface area contributed by atoms with Crippen molar-refractivity contribution in [3.05, 3.63) is 64.7 Å². The number of hydrogen-bond acceptors (Lipinski definition) is 4. The van der Waals surface area contributed by atoms with Gasteiger partial charge in [-0.1, -0.05) is 41.9 Å². The summed E-state index contributed by atoms with van der Waals surface area (Å²) in [7, 11) is 1.59. The first-order chi connectivity index (χ1) is 10.1. The highest BCUT2D eigenvalue weighted by molar-refractivity contribution is 6.31. The van der Waals surface area contributed by atoms with Crippen LogP contribution in [0.5, 0.6) is 5.75 Å². The molecule has 0 saturated heterocycles. The van der Waals surface area contributed by atoms with Crippen molar-refractivity contribution in [2.45, 2.75) is 12.6 Å². The Hall–Kier alpha value is -2.04. The normalized spacial score (nSPS) is 11.8. The summed E-state index contributed by atoms with van der Waals surface area (Å²) in [6, 6.07) is 13.3. The van der Waals surface area contributed by atoms with Crippen LogP contribution >= 0.6 is 11.6 Å². The molecule has 0 fully saturated rings. The summed E-state index contributed by atoms with van der Waals surface area (Å²) in [6.45, 7) is 0.154. The zero-order chi connectivity index (χ0) is 15.2. The third-order valence-electron chi connectivity index (χ3n) is 3.03. The van der Waals surface area contributed by atoms with Gasteiger partial charge in [-0.2, -0.15) is 0 Å². The van der Waals surface area contributed by atoms with Crippen molar-refractivity contribution in [3.8, 4) is 5.75 Å². The molecule has 0 aliphatic rings. The van der Waals surface area contributed by atoms with Crippen molar-refractivity contribution >= 4 is 17.6 Å². The molecular weight excluding hydrogens is 290 g/mol. The zero-order valence-electron chi connectivity index (χ0n) is 11.6. The molecule has 0 bridgehead atoms. The molecule has 110 valence electrons. The van der Waals surface area contributed by atoms with Crippen LogP contribution in [0.25, 0.3) is 0 Å². The predicted octanol–water partition coefficient (Wildman–Crippen LogP) is 3.09.